The number of ether oxygens (including phenoxy) is 2. The van der Waals surface area contributed by atoms with E-state index in [2.05, 4.69) is 21.2 Å². The van der Waals surface area contributed by atoms with Crippen LogP contribution in [0.4, 0.5) is 5.69 Å². The first-order chi connectivity index (χ1) is 9.63. The molecule has 4 nitrogen and oxygen atoms in total. The van der Waals surface area contributed by atoms with Gasteiger partial charge in [0.15, 0.2) is 11.5 Å². The maximum Gasteiger partial charge on any atom is 0.160 e. The van der Waals surface area contributed by atoms with Crippen LogP contribution < -0.4 is 14.8 Å². The third-order valence-corrected chi connectivity index (χ3v) is 3.55. The summed E-state index contributed by atoms with van der Waals surface area (Å²) >= 11 is 3.42. The summed E-state index contributed by atoms with van der Waals surface area (Å²) in [5.74, 6) is 1.39. The summed E-state index contributed by atoms with van der Waals surface area (Å²) in [5.41, 5.74) is 1.97. The lowest BCUT2D eigenvalue weighted by Crippen LogP contribution is -2.00. The maximum atomic E-state index is 9.55. The number of nitrogens with one attached hydrogen (secondary N) is 1. The van der Waals surface area contributed by atoms with Crippen LogP contribution in [0.1, 0.15) is 5.56 Å². The molecule has 2 aromatic carbocycles. The van der Waals surface area contributed by atoms with Crippen molar-refractivity contribution in [2.24, 2.45) is 0 Å². The van der Waals surface area contributed by atoms with Crippen LogP contribution in [0.25, 0.3) is 0 Å². The minimum Gasteiger partial charge on any atom is -0.504 e. The van der Waals surface area contributed by atoms with E-state index >= 15 is 0 Å². The molecule has 0 unspecified atom stereocenters. The number of aromatic hydroxyl groups is 1. The van der Waals surface area contributed by atoms with Gasteiger partial charge in [-0.2, -0.15) is 0 Å². The molecule has 0 saturated heterocycles. The summed E-state index contributed by atoms with van der Waals surface area (Å²) in [6.45, 7) is 0.626. The summed E-state index contributed by atoms with van der Waals surface area (Å²) in [5, 5.41) is 12.8. The molecule has 0 radical (unpaired) electrons. The molecule has 2 aromatic rings. The molecule has 0 aliphatic carbocycles. The van der Waals surface area contributed by atoms with E-state index in [1.54, 1.807) is 19.2 Å². The number of benzene rings is 2. The van der Waals surface area contributed by atoms with Gasteiger partial charge in [0, 0.05) is 18.3 Å². The molecule has 0 atom stereocenters. The fraction of sp³-hybridized carbons (Fsp3) is 0.200. The summed E-state index contributed by atoms with van der Waals surface area (Å²) in [6, 6.07) is 11.1. The van der Waals surface area contributed by atoms with E-state index in [4.69, 9.17) is 9.47 Å². The average Bonchev–Trinajstić information content (AvgIpc) is 2.47. The Morgan fingerprint density at radius 1 is 1.05 bits per heavy atom. The second kappa shape index (κ2) is 6.52. The van der Waals surface area contributed by atoms with E-state index < -0.39 is 0 Å². The number of methoxy groups -OCH3 is 2. The van der Waals surface area contributed by atoms with Gasteiger partial charge in [0.2, 0.25) is 0 Å². The van der Waals surface area contributed by atoms with Gasteiger partial charge in [0.25, 0.3) is 0 Å². The van der Waals surface area contributed by atoms with Crippen LogP contribution >= 0.6 is 15.9 Å². The van der Waals surface area contributed by atoms with Crippen molar-refractivity contribution in [3.8, 4) is 17.2 Å². The Kier molecular flexibility index (Phi) is 4.74. The van der Waals surface area contributed by atoms with E-state index in [1.165, 1.54) is 7.11 Å². The molecule has 5 heteroatoms. The highest BCUT2D eigenvalue weighted by Gasteiger charge is 2.04. The molecule has 0 amide bonds. The lowest BCUT2D eigenvalue weighted by atomic mass is 10.2. The third-order valence-electron chi connectivity index (χ3n) is 2.89. The first-order valence-electron chi connectivity index (χ1n) is 6.07. The standard InChI is InChI=1S/C15H16BrNO3/c1-19-14-8-11(4-5-12(14)16)17-9-10-3-6-13(18)15(7-10)20-2/h3-8,17-18H,9H2,1-2H3. The summed E-state index contributed by atoms with van der Waals surface area (Å²) < 4.78 is 11.2. The number of rotatable bonds is 5. The van der Waals surface area contributed by atoms with Crippen molar-refractivity contribution in [1.82, 2.24) is 0 Å². The summed E-state index contributed by atoms with van der Waals surface area (Å²) in [4.78, 5) is 0. The Morgan fingerprint density at radius 3 is 2.50 bits per heavy atom. The monoisotopic (exact) mass is 337 g/mol. The van der Waals surface area contributed by atoms with Gasteiger partial charge >= 0.3 is 0 Å². The molecule has 0 bridgehead atoms. The predicted octanol–water partition coefficient (Wildman–Crippen LogP) is 3.78. The molecule has 0 aromatic heterocycles. The molecular weight excluding hydrogens is 322 g/mol. The number of halogens is 1. The van der Waals surface area contributed by atoms with Gasteiger partial charge in [0.05, 0.1) is 18.7 Å². The number of hydrogen-bond donors (Lipinski definition) is 2. The normalized spacial score (nSPS) is 10.2. The minimum atomic E-state index is 0.140. The summed E-state index contributed by atoms with van der Waals surface area (Å²) in [6.07, 6.45) is 0. The van der Waals surface area contributed by atoms with E-state index in [0.717, 1.165) is 21.5 Å². The van der Waals surface area contributed by atoms with Crippen molar-refractivity contribution in [1.29, 1.82) is 0 Å². The van der Waals surface area contributed by atoms with Crippen LogP contribution in [0, 0.1) is 0 Å². The van der Waals surface area contributed by atoms with Crippen LogP contribution in [0.2, 0.25) is 0 Å². The van der Waals surface area contributed by atoms with Gasteiger partial charge in [0.1, 0.15) is 5.75 Å². The molecule has 0 aliphatic rings. The number of anilines is 1. The fourth-order valence-corrected chi connectivity index (χ4v) is 2.21. The molecular formula is C15H16BrNO3. The van der Waals surface area contributed by atoms with Gasteiger partial charge in [-0.1, -0.05) is 6.07 Å². The van der Waals surface area contributed by atoms with Crippen LogP contribution in [0.5, 0.6) is 17.2 Å². The Labute approximate surface area is 126 Å². The van der Waals surface area contributed by atoms with Crippen molar-refractivity contribution in [2.45, 2.75) is 6.54 Å². The Bertz CT molecular complexity index is 548. The van der Waals surface area contributed by atoms with E-state index in [0.29, 0.717) is 12.3 Å². The first kappa shape index (κ1) is 14.5. The smallest absolute Gasteiger partial charge is 0.160 e. The van der Waals surface area contributed by atoms with Crippen molar-refractivity contribution < 1.29 is 14.6 Å². The zero-order valence-corrected chi connectivity index (χ0v) is 12.9. The molecule has 20 heavy (non-hydrogen) atoms. The summed E-state index contributed by atoms with van der Waals surface area (Å²) in [7, 11) is 3.17. The molecule has 0 saturated carbocycles. The van der Waals surface area contributed by atoms with Gasteiger partial charge in [-0.15, -0.1) is 0 Å². The van der Waals surface area contributed by atoms with Gasteiger partial charge in [-0.3, -0.25) is 0 Å². The van der Waals surface area contributed by atoms with Gasteiger partial charge < -0.3 is 19.9 Å². The van der Waals surface area contributed by atoms with Gasteiger partial charge in [-0.25, -0.2) is 0 Å². The zero-order chi connectivity index (χ0) is 14.5. The van der Waals surface area contributed by atoms with E-state index in [1.807, 2.05) is 24.3 Å². The molecule has 0 aliphatic heterocycles. The predicted molar refractivity (Wildman–Crippen MR) is 82.7 cm³/mol. The number of phenolic OH excluding ortho intramolecular Hbond substituents is 1. The Balaban J connectivity index is 2.08. The van der Waals surface area contributed by atoms with Gasteiger partial charge in [-0.05, 0) is 45.8 Å². The lowest BCUT2D eigenvalue weighted by Gasteiger charge is -2.11. The highest BCUT2D eigenvalue weighted by molar-refractivity contribution is 9.10. The molecule has 0 spiro atoms. The largest absolute Gasteiger partial charge is 0.504 e. The van der Waals surface area contributed by atoms with Crippen molar-refractivity contribution in [3.05, 3.63) is 46.4 Å². The first-order valence-corrected chi connectivity index (χ1v) is 6.86. The molecule has 2 N–H and O–H groups in total. The lowest BCUT2D eigenvalue weighted by molar-refractivity contribution is 0.373. The molecule has 0 heterocycles. The fourth-order valence-electron chi connectivity index (χ4n) is 1.81. The highest BCUT2D eigenvalue weighted by atomic mass is 79.9. The Hall–Kier alpha value is -1.88. The second-order valence-electron chi connectivity index (χ2n) is 4.21. The molecule has 2 rings (SSSR count). The zero-order valence-electron chi connectivity index (χ0n) is 11.3. The minimum absolute atomic E-state index is 0.140. The van der Waals surface area contributed by atoms with Crippen LogP contribution in [-0.4, -0.2) is 19.3 Å². The molecule has 106 valence electrons. The third kappa shape index (κ3) is 3.36. The van der Waals surface area contributed by atoms with Crippen molar-refractivity contribution in [2.75, 3.05) is 19.5 Å². The van der Waals surface area contributed by atoms with Crippen molar-refractivity contribution in [3.63, 3.8) is 0 Å². The van der Waals surface area contributed by atoms with Crippen molar-refractivity contribution >= 4 is 21.6 Å². The van der Waals surface area contributed by atoms with E-state index in [9.17, 15) is 5.11 Å². The maximum absolute atomic E-state index is 9.55. The van der Waals surface area contributed by atoms with Crippen LogP contribution in [0.3, 0.4) is 0 Å². The number of hydrogen-bond acceptors (Lipinski definition) is 4. The second-order valence-corrected chi connectivity index (χ2v) is 5.06. The van der Waals surface area contributed by atoms with Crippen LogP contribution in [0.15, 0.2) is 40.9 Å². The molecule has 0 fully saturated rings. The van der Waals surface area contributed by atoms with E-state index in [-0.39, 0.29) is 5.75 Å². The number of phenols is 1. The quantitative estimate of drug-likeness (QED) is 0.871. The SMILES string of the molecule is COc1cc(CNc2ccc(Br)c(OC)c2)ccc1O. The highest BCUT2D eigenvalue weighted by Crippen LogP contribution is 2.29. The van der Waals surface area contributed by atoms with Crippen LogP contribution in [-0.2, 0) is 6.54 Å². The average molecular weight is 338 g/mol. The Morgan fingerprint density at radius 2 is 1.80 bits per heavy atom. The topological polar surface area (TPSA) is 50.7 Å².